The Hall–Kier alpha value is -0.350. The summed E-state index contributed by atoms with van der Waals surface area (Å²) in [5.41, 5.74) is 2.48. The Balaban J connectivity index is 2.39. The molecule has 0 aliphatic heterocycles. The first-order valence-corrected chi connectivity index (χ1v) is 7.26. The summed E-state index contributed by atoms with van der Waals surface area (Å²) in [5.74, 6) is 0.727. The highest BCUT2D eigenvalue weighted by Gasteiger charge is 2.11. The lowest BCUT2D eigenvalue weighted by molar-refractivity contribution is 0.538. The van der Waals surface area contributed by atoms with Gasteiger partial charge in [-0.15, -0.1) is 0 Å². The van der Waals surface area contributed by atoms with E-state index in [-0.39, 0.29) is 0 Å². The van der Waals surface area contributed by atoms with Gasteiger partial charge in [0.25, 0.3) is 0 Å². The third kappa shape index (κ3) is 4.43. The van der Waals surface area contributed by atoms with E-state index in [1.165, 1.54) is 10.2 Å². The maximum absolute atomic E-state index is 4.51. The van der Waals surface area contributed by atoms with Crippen LogP contribution in [0.4, 0.5) is 0 Å². The van der Waals surface area contributed by atoms with E-state index < -0.39 is 0 Å². The van der Waals surface area contributed by atoms with Crippen molar-refractivity contribution in [2.24, 2.45) is 13.0 Å². The molecule has 4 heteroatoms. The number of aryl methyl sites for hydroxylation is 2. The zero-order chi connectivity index (χ0) is 12.8. The van der Waals surface area contributed by atoms with Gasteiger partial charge in [0, 0.05) is 7.05 Å². The normalized spacial score (nSPS) is 11.4. The Morgan fingerprint density at radius 2 is 2.12 bits per heavy atom. The lowest BCUT2D eigenvalue weighted by atomic mass is 10.2. The molecule has 0 aliphatic rings. The molecule has 1 aromatic heterocycles. The Labute approximate surface area is 113 Å². The van der Waals surface area contributed by atoms with E-state index in [4.69, 9.17) is 0 Å². The summed E-state index contributed by atoms with van der Waals surface area (Å²) in [6, 6.07) is 0. The largest absolute Gasteiger partial charge is 0.316 e. The Morgan fingerprint density at radius 3 is 2.65 bits per heavy atom. The summed E-state index contributed by atoms with van der Waals surface area (Å²) >= 11 is 3.65. The van der Waals surface area contributed by atoms with Crippen LogP contribution in [0.3, 0.4) is 0 Å². The van der Waals surface area contributed by atoms with Gasteiger partial charge in [-0.05, 0) is 54.2 Å². The van der Waals surface area contributed by atoms with E-state index in [1.54, 1.807) is 0 Å². The van der Waals surface area contributed by atoms with Crippen LogP contribution in [0.15, 0.2) is 4.47 Å². The van der Waals surface area contributed by atoms with Gasteiger partial charge in [0.1, 0.15) is 0 Å². The van der Waals surface area contributed by atoms with Gasteiger partial charge in [-0.3, -0.25) is 4.68 Å². The summed E-state index contributed by atoms with van der Waals surface area (Å²) in [4.78, 5) is 0. The second-order valence-corrected chi connectivity index (χ2v) is 5.68. The highest BCUT2D eigenvalue weighted by molar-refractivity contribution is 9.10. The number of hydrogen-bond acceptors (Lipinski definition) is 2. The van der Waals surface area contributed by atoms with Crippen LogP contribution in [0.5, 0.6) is 0 Å². The molecule has 1 rings (SSSR count). The van der Waals surface area contributed by atoms with Crippen molar-refractivity contribution in [2.45, 2.75) is 40.0 Å². The minimum Gasteiger partial charge on any atom is -0.316 e. The molecule has 0 unspecified atom stereocenters. The van der Waals surface area contributed by atoms with Gasteiger partial charge in [0.15, 0.2) is 0 Å². The van der Waals surface area contributed by atoms with Gasteiger partial charge < -0.3 is 5.32 Å². The number of nitrogens with one attached hydrogen (secondary N) is 1. The van der Waals surface area contributed by atoms with E-state index in [0.29, 0.717) is 0 Å². The highest BCUT2D eigenvalue weighted by atomic mass is 79.9. The minimum atomic E-state index is 0.727. The average Bonchev–Trinajstić information content (AvgIpc) is 2.54. The smallest absolute Gasteiger partial charge is 0.0766 e. The standard InChI is InChI=1S/C13H24BrN3/c1-5-11-13(14)12(17(4)16-11)7-6-8-15-9-10(2)3/h10,15H,5-9H2,1-4H3. The Bertz CT molecular complexity index is 345. The second-order valence-electron chi connectivity index (χ2n) is 4.89. The first-order chi connectivity index (χ1) is 8.06. The van der Waals surface area contributed by atoms with Crippen molar-refractivity contribution in [3.63, 3.8) is 0 Å². The SMILES string of the molecule is CCc1nn(C)c(CCCNCC(C)C)c1Br. The number of rotatable bonds is 7. The molecule has 0 bridgehead atoms. The van der Waals surface area contributed by atoms with Gasteiger partial charge in [-0.2, -0.15) is 5.10 Å². The van der Waals surface area contributed by atoms with Crippen LogP contribution in [-0.2, 0) is 19.9 Å². The van der Waals surface area contributed by atoms with Gasteiger partial charge in [-0.25, -0.2) is 0 Å². The summed E-state index contributed by atoms with van der Waals surface area (Å²) in [5, 5.41) is 7.97. The molecule has 1 heterocycles. The van der Waals surface area contributed by atoms with E-state index in [0.717, 1.165) is 44.0 Å². The topological polar surface area (TPSA) is 29.9 Å². The molecule has 0 saturated carbocycles. The van der Waals surface area contributed by atoms with Crippen LogP contribution in [0.25, 0.3) is 0 Å². The third-order valence-electron chi connectivity index (χ3n) is 2.82. The first-order valence-electron chi connectivity index (χ1n) is 6.47. The quantitative estimate of drug-likeness (QED) is 0.785. The van der Waals surface area contributed by atoms with Gasteiger partial charge in [0.2, 0.25) is 0 Å². The lowest BCUT2D eigenvalue weighted by Crippen LogP contribution is -2.21. The fourth-order valence-electron chi connectivity index (χ4n) is 1.86. The summed E-state index contributed by atoms with van der Waals surface area (Å²) < 4.78 is 3.21. The monoisotopic (exact) mass is 301 g/mol. The molecule has 0 fully saturated rings. The molecule has 0 aromatic carbocycles. The Kier molecular flexibility index (Phi) is 6.20. The fourth-order valence-corrected chi connectivity index (χ4v) is 2.68. The van der Waals surface area contributed by atoms with Crippen molar-refractivity contribution in [1.29, 1.82) is 0 Å². The van der Waals surface area contributed by atoms with Gasteiger partial charge in [-0.1, -0.05) is 20.8 Å². The van der Waals surface area contributed by atoms with Gasteiger partial charge >= 0.3 is 0 Å². The molecule has 1 N–H and O–H groups in total. The molecule has 0 atom stereocenters. The number of nitrogens with zero attached hydrogens (tertiary/aromatic N) is 2. The predicted octanol–water partition coefficient (Wildman–Crippen LogP) is 2.92. The second kappa shape index (κ2) is 7.17. The average molecular weight is 302 g/mol. The molecule has 0 aliphatic carbocycles. The van der Waals surface area contributed by atoms with Crippen LogP contribution in [0, 0.1) is 5.92 Å². The highest BCUT2D eigenvalue weighted by Crippen LogP contribution is 2.22. The maximum Gasteiger partial charge on any atom is 0.0766 e. The van der Waals surface area contributed by atoms with Gasteiger partial charge in [0.05, 0.1) is 15.9 Å². The predicted molar refractivity (Wildman–Crippen MR) is 76.3 cm³/mol. The summed E-state index contributed by atoms with van der Waals surface area (Å²) in [6.07, 6.45) is 3.23. The molecule has 0 saturated heterocycles. The zero-order valence-corrected chi connectivity index (χ0v) is 13.0. The van der Waals surface area contributed by atoms with E-state index in [2.05, 4.69) is 47.1 Å². The van der Waals surface area contributed by atoms with Crippen molar-refractivity contribution in [3.05, 3.63) is 15.9 Å². The van der Waals surface area contributed by atoms with Crippen LogP contribution < -0.4 is 5.32 Å². The summed E-state index contributed by atoms with van der Waals surface area (Å²) in [7, 11) is 2.03. The van der Waals surface area contributed by atoms with Crippen LogP contribution in [0.1, 0.15) is 38.6 Å². The van der Waals surface area contributed by atoms with Crippen molar-refractivity contribution < 1.29 is 0 Å². The van der Waals surface area contributed by atoms with Crippen molar-refractivity contribution in [3.8, 4) is 0 Å². The number of halogens is 1. The Morgan fingerprint density at radius 1 is 1.41 bits per heavy atom. The molecule has 98 valence electrons. The molecule has 0 amide bonds. The van der Waals surface area contributed by atoms with E-state index >= 15 is 0 Å². The molecule has 0 spiro atoms. The fraction of sp³-hybridized carbons (Fsp3) is 0.769. The van der Waals surface area contributed by atoms with Crippen molar-refractivity contribution in [1.82, 2.24) is 15.1 Å². The molecule has 3 nitrogen and oxygen atoms in total. The van der Waals surface area contributed by atoms with Crippen LogP contribution >= 0.6 is 15.9 Å². The minimum absolute atomic E-state index is 0.727. The molecular weight excluding hydrogens is 278 g/mol. The molecule has 17 heavy (non-hydrogen) atoms. The lowest BCUT2D eigenvalue weighted by Gasteiger charge is -2.07. The van der Waals surface area contributed by atoms with Crippen molar-refractivity contribution >= 4 is 15.9 Å². The molecular formula is C13H24BrN3. The van der Waals surface area contributed by atoms with Crippen molar-refractivity contribution in [2.75, 3.05) is 13.1 Å². The van der Waals surface area contributed by atoms with E-state index in [1.807, 2.05) is 11.7 Å². The summed E-state index contributed by atoms with van der Waals surface area (Å²) in [6.45, 7) is 8.79. The molecule has 0 radical (unpaired) electrons. The molecule has 1 aromatic rings. The van der Waals surface area contributed by atoms with Crippen LogP contribution in [-0.4, -0.2) is 22.9 Å². The number of hydrogen-bond donors (Lipinski definition) is 1. The number of aromatic nitrogens is 2. The first kappa shape index (κ1) is 14.7. The third-order valence-corrected chi connectivity index (χ3v) is 3.74. The zero-order valence-electron chi connectivity index (χ0n) is 11.4. The maximum atomic E-state index is 4.51. The van der Waals surface area contributed by atoms with E-state index in [9.17, 15) is 0 Å². The van der Waals surface area contributed by atoms with Crippen LogP contribution in [0.2, 0.25) is 0 Å².